The van der Waals surface area contributed by atoms with Crippen molar-refractivity contribution in [2.45, 2.75) is 19.3 Å². The highest BCUT2D eigenvalue weighted by Gasteiger charge is 2.28. The maximum atomic E-state index is 13.0. The molecule has 1 heterocycles. The van der Waals surface area contributed by atoms with Crippen LogP contribution in [0.5, 0.6) is 5.75 Å². The van der Waals surface area contributed by atoms with Crippen molar-refractivity contribution in [3.8, 4) is 5.75 Å². The van der Waals surface area contributed by atoms with Crippen LogP contribution >= 0.6 is 0 Å². The van der Waals surface area contributed by atoms with Crippen molar-refractivity contribution in [1.82, 2.24) is 4.90 Å². The number of fused-ring (bicyclic) bond motifs is 1. The summed E-state index contributed by atoms with van der Waals surface area (Å²) in [5, 5.41) is 0. The molecule has 1 aliphatic heterocycles. The maximum Gasteiger partial charge on any atom is 0.227 e. The predicted octanol–water partition coefficient (Wildman–Crippen LogP) is 3.39. The monoisotopic (exact) mass is 352 g/mol. The van der Waals surface area contributed by atoms with Crippen molar-refractivity contribution >= 4 is 11.6 Å². The molecule has 0 spiro atoms. The first kappa shape index (κ1) is 18.5. The van der Waals surface area contributed by atoms with Gasteiger partial charge in [-0.15, -0.1) is 0 Å². The van der Waals surface area contributed by atoms with E-state index in [0.717, 1.165) is 42.9 Å². The Morgan fingerprint density at radius 2 is 2.00 bits per heavy atom. The number of para-hydroxylation sites is 1. The number of hydrogen-bond acceptors (Lipinski definition) is 3. The van der Waals surface area contributed by atoms with Crippen LogP contribution in [-0.2, 0) is 17.6 Å². The van der Waals surface area contributed by atoms with Gasteiger partial charge >= 0.3 is 0 Å². The summed E-state index contributed by atoms with van der Waals surface area (Å²) in [4.78, 5) is 17.2. The lowest BCUT2D eigenvalue weighted by atomic mass is 9.91. The Labute approximate surface area is 156 Å². The van der Waals surface area contributed by atoms with Gasteiger partial charge in [0.2, 0.25) is 5.91 Å². The van der Waals surface area contributed by atoms with Crippen LogP contribution in [-0.4, -0.2) is 45.1 Å². The zero-order chi connectivity index (χ0) is 18.5. The Bertz CT molecular complexity index is 757. The SMILES string of the molecule is COc1cccc(CCC(=O)N2CC(CN(C)C)Cc3ccccc32)c1. The van der Waals surface area contributed by atoms with Gasteiger partial charge in [0.05, 0.1) is 7.11 Å². The molecule has 4 nitrogen and oxygen atoms in total. The summed E-state index contributed by atoms with van der Waals surface area (Å²) in [6.07, 6.45) is 2.28. The van der Waals surface area contributed by atoms with Gasteiger partial charge in [0.1, 0.15) is 5.75 Å². The molecular weight excluding hydrogens is 324 g/mol. The Morgan fingerprint density at radius 3 is 2.77 bits per heavy atom. The number of nitrogens with zero attached hydrogens (tertiary/aromatic N) is 2. The number of carbonyl (C=O) groups is 1. The molecule has 0 aromatic heterocycles. The van der Waals surface area contributed by atoms with Gasteiger partial charge in [-0.25, -0.2) is 0 Å². The van der Waals surface area contributed by atoms with Gasteiger partial charge in [-0.05, 0) is 62.2 Å². The summed E-state index contributed by atoms with van der Waals surface area (Å²) in [6, 6.07) is 16.3. The van der Waals surface area contributed by atoms with Crippen LogP contribution in [0.25, 0.3) is 0 Å². The predicted molar refractivity (Wildman–Crippen MR) is 106 cm³/mol. The zero-order valence-electron chi connectivity index (χ0n) is 15.9. The van der Waals surface area contributed by atoms with Crippen LogP contribution in [0.1, 0.15) is 17.5 Å². The van der Waals surface area contributed by atoms with Crippen molar-refractivity contribution in [2.24, 2.45) is 5.92 Å². The normalized spacial score (nSPS) is 16.5. The fourth-order valence-electron chi connectivity index (χ4n) is 3.77. The van der Waals surface area contributed by atoms with E-state index in [4.69, 9.17) is 4.74 Å². The van der Waals surface area contributed by atoms with Gasteiger partial charge < -0.3 is 14.5 Å². The van der Waals surface area contributed by atoms with E-state index in [9.17, 15) is 4.79 Å². The zero-order valence-corrected chi connectivity index (χ0v) is 15.9. The van der Waals surface area contributed by atoms with Gasteiger partial charge in [-0.3, -0.25) is 4.79 Å². The van der Waals surface area contributed by atoms with E-state index in [1.807, 2.05) is 29.2 Å². The molecule has 1 unspecified atom stereocenters. The average Bonchev–Trinajstić information content (AvgIpc) is 2.65. The summed E-state index contributed by atoms with van der Waals surface area (Å²) in [7, 11) is 5.85. The molecule has 0 N–H and O–H groups in total. The lowest BCUT2D eigenvalue weighted by molar-refractivity contribution is -0.118. The second-order valence-electron chi connectivity index (χ2n) is 7.32. The van der Waals surface area contributed by atoms with Gasteiger partial charge in [-0.1, -0.05) is 30.3 Å². The van der Waals surface area contributed by atoms with Gasteiger partial charge in [0, 0.05) is 25.2 Å². The molecule has 2 aromatic rings. The molecule has 0 saturated carbocycles. The third-order valence-corrected chi connectivity index (χ3v) is 4.92. The number of rotatable bonds is 6. The number of benzene rings is 2. The quantitative estimate of drug-likeness (QED) is 0.799. The highest BCUT2D eigenvalue weighted by molar-refractivity contribution is 5.94. The number of carbonyl (C=O) groups excluding carboxylic acids is 1. The summed E-state index contributed by atoms with van der Waals surface area (Å²) in [5.41, 5.74) is 3.49. The van der Waals surface area contributed by atoms with Crippen LogP contribution < -0.4 is 9.64 Å². The number of anilines is 1. The first-order valence-electron chi connectivity index (χ1n) is 9.22. The van der Waals surface area contributed by atoms with E-state index in [1.165, 1.54) is 5.56 Å². The molecule has 1 atom stereocenters. The largest absolute Gasteiger partial charge is 0.497 e. The van der Waals surface area contributed by atoms with Crippen LogP contribution in [0.3, 0.4) is 0 Å². The van der Waals surface area contributed by atoms with E-state index in [-0.39, 0.29) is 5.91 Å². The molecule has 26 heavy (non-hydrogen) atoms. The van der Waals surface area contributed by atoms with E-state index in [1.54, 1.807) is 7.11 Å². The molecule has 138 valence electrons. The highest BCUT2D eigenvalue weighted by atomic mass is 16.5. The average molecular weight is 352 g/mol. The smallest absolute Gasteiger partial charge is 0.227 e. The first-order chi connectivity index (χ1) is 12.6. The van der Waals surface area contributed by atoms with E-state index < -0.39 is 0 Å². The van der Waals surface area contributed by atoms with Gasteiger partial charge in [0.25, 0.3) is 0 Å². The second-order valence-corrected chi connectivity index (χ2v) is 7.32. The summed E-state index contributed by atoms with van der Waals surface area (Å²) < 4.78 is 5.28. The van der Waals surface area contributed by atoms with E-state index >= 15 is 0 Å². The Hall–Kier alpha value is -2.33. The number of methoxy groups -OCH3 is 1. The molecular formula is C22H28N2O2. The minimum Gasteiger partial charge on any atom is -0.497 e. The first-order valence-corrected chi connectivity index (χ1v) is 9.22. The van der Waals surface area contributed by atoms with Crippen molar-refractivity contribution < 1.29 is 9.53 Å². The summed E-state index contributed by atoms with van der Waals surface area (Å²) >= 11 is 0. The van der Waals surface area contributed by atoms with Crippen molar-refractivity contribution in [3.63, 3.8) is 0 Å². The molecule has 0 aliphatic carbocycles. The summed E-state index contributed by atoms with van der Waals surface area (Å²) in [6.45, 7) is 1.79. The van der Waals surface area contributed by atoms with E-state index in [2.05, 4.69) is 43.3 Å². The number of amides is 1. The topological polar surface area (TPSA) is 32.8 Å². The maximum absolute atomic E-state index is 13.0. The number of aryl methyl sites for hydroxylation is 1. The van der Waals surface area contributed by atoms with Crippen LogP contribution in [0.4, 0.5) is 5.69 Å². The minimum atomic E-state index is 0.198. The fourth-order valence-corrected chi connectivity index (χ4v) is 3.77. The molecule has 0 bridgehead atoms. The van der Waals surface area contributed by atoms with Crippen molar-refractivity contribution in [3.05, 3.63) is 59.7 Å². The number of hydrogen-bond donors (Lipinski definition) is 0. The molecule has 1 amide bonds. The van der Waals surface area contributed by atoms with Crippen LogP contribution in [0.15, 0.2) is 48.5 Å². The van der Waals surface area contributed by atoms with E-state index in [0.29, 0.717) is 12.3 Å². The van der Waals surface area contributed by atoms with Gasteiger partial charge in [-0.2, -0.15) is 0 Å². The highest BCUT2D eigenvalue weighted by Crippen LogP contribution is 2.30. The molecule has 0 saturated heterocycles. The second kappa shape index (κ2) is 8.37. The van der Waals surface area contributed by atoms with Crippen molar-refractivity contribution in [1.29, 1.82) is 0 Å². The Morgan fingerprint density at radius 1 is 1.19 bits per heavy atom. The lowest BCUT2D eigenvalue weighted by Gasteiger charge is -2.36. The third-order valence-electron chi connectivity index (χ3n) is 4.92. The Balaban J connectivity index is 1.72. The van der Waals surface area contributed by atoms with Crippen LogP contribution in [0.2, 0.25) is 0 Å². The molecule has 0 radical (unpaired) electrons. The number of ether oxygens (including phenoxy) is 1. The Kier molecular flexibility index (Phi) is 5.94. The van der Waals surface area contributed by atoms with Crippen molar-refractivity contribution in [2.75, 3.05) is 39.2 Å². The fraction of sp³-hybridized carbons (Fsp3) is 0.409. The molecule has 0 fully saturated rings. The van der Waals surface area contributed by atoms with Crippen LogP contribution in [0, 0.1) is 5.92 Å². The molecule has 2 aromatic carbocycles. The lowest BCUT2D eigenvalue weighted by Crippen LogP contribution is -2.43. The molecule has 4 heteroatoms. The summed E-state index contributed by atoms with van der Waals surface area (Å²) in [5.74, 6) is 1.51. The minimum absolute atomic E-state index is 0.198. The molecule has 1 aliphatic rings. The third kappa shape index (κ3) is 4.44. The van der Waals surface area contributed by atoms with Gasteiger partial charge in [0.15, 0.2) is 0 Å². The molecule has 3 rings (SSSR count). The standard InChI is InChI=1S/C22H28N2O2/c1-23(2)15-18-13-19-8-4-5-10-21(19)24(16-18)22(25)12-11-17-7-6-9-20(14-17)26-3/h4-10,14,18H,11-13,15-16H2,1-3H3.